The van der Waals surface area contributed by atoms with E-state index in [0.29, 0.717) is 0 Å². The first-order valence-corrected chi connectivity index (χ1v) is 30.9. The Kier molecular flexibility index (Phi) is 29.2. The third-order valence-corrected chi connectivity index (χ3v) is 17.3. The van der Waals surface area contributed by atoms with Crippen LogP contribution in [-0.2, 0) is 95.2 Å². The number of ether oxygens (including phenoxy) is 12. The summed E-state index contributed by atoms with van der Waals surface area (Å²) in [6, 6.07) is -7.97. The topological polar surface area (TPSA) is 720 Å². The Balaban J connectivity index is 1.42. The second-order valence-corrected chi connectivity index (χ2v) is 24.6. The van der Waals surface area contributed by atoms with Crippen LogP contribution in [0.5, 0.6) is 0 Å². The maximum Gasteiger partial charge on any atom is 0.364 e. The van der Waals surface area contributed by atoms with Crippen LogP contribution in [-0.4, -0.2) is 395 Å². The van der Waals surface area contributed by atoms with Crippen LogP contribution in [0.15, 0.2) is 0 Å². The Morgan fingerprint density at radius 2 is 0.820 bits per heavy atom. The fraction of sp³-hybridized carbons (Fsp3) is 0.855. The second-order valence-electron chi connectivity index (χ2n) is 24.6. The Morgan fingerprint density at radius 1 is 0.440 bits per heavy atom. The maximum atomic E-state index is 14.0. The molecule has 0 bridgehead atoms. The largest absolute Gasteiger partial charge is 0.477 e. The molecule has 100 heavy (non-hydrogen) atoms. The third-order valence-electron chi connectivity index (χ3n) is 17.3. The number of aliphatic hydroxyl groups is 18. The van der Waals surface area contributed by atoms with Crippen molar-refractivity contribution >= 4 is 47.5 Å². The molecule has 0 spiro atoms. The van der Waals surface area contributed by atoms with E-state index in [1.54, 1.807) is 0 Å². The van der Waals surface area contributed by atoms with E-state index in [-0.39, 0.29) is 0 Å². The van der Waals surface area contributed by atoms with Crippen molar-refractivity contribution in [3.8, 4) is 0 Å². The van der Waals surface area contributed by atoms with Crippen LogP contribution in [0.25, 0.3) is 0 Å². The summed E-state index contributed by atoms with van der Waals surface area (Å²) in [4.78, 5) is 103. The molecule has 45 nitrogen and oxygen atoms in total. The van der Waals surface area contributed by atoms with Gasteiger partial charge in [0, 0.05) is 53.9 Å². The van der Waals surface area contributed by atoms with Crippen LogP contribution in [0, 0.1) is 0 Å². The lowest BCUT2D eigenvalue weighted by Gasteiger charge is -2.52. The first-order valence-electron chi connectivity index (χ1n) is 30.9. The molecule has 0 radical (unpaired) electrons. The van der Waals surface area contributed by atoms with Crippen LogP contribution in [0.1, 0.15) is 53.9 Å². The highest BCUT2D eigenvalue weighted by atomic mass is 16.8. The Labute approximate surface area is 564 Å². The highest BCUT2D eigenvalue weighted by Gasteiger charge is 2.65. The van der Waals surface area contributed by atoms with Crippen LogP contribution in [0.4, 0.5) is 0 Å². The van der Waals surface area contributed by atoms with Gasteiger partial charge in [-0.3, -0.25) is 24.0 Å². The number of hydrogen-bond acceptors (Lipinski definition) is 38. The van der Waals surface area contributed by atoms with Gasteiger partial charge in [-0.2, -0.15) is 0 Å². The third kappa shape index (κ3) is 18.6. The molecule has 574 valence electrons. The molecule has 0 unspecified atom stereocenters. The fourth-order valence-corrected chi connectivity index (χ4v) is 12.4. The van der Waals surface area contributed by atoms with Crippen molar-refractivity contribution in [2.24, 2.45) is 0 Å². The zero-order valence-electron chi connectivity index (χ0n) is 53.7. The summed E-state index contributed by atoms with van der Waals surface area (Å²) >= 11 is 0. The van der Waals surface area contributed by atoms with Crippen molar-refractivity contribution in [3.05, 3.63) is 0 Å². The molecular weight excluding hydrogens is 1370 g/mol. The molecule has 0 aromatic heterocycles. The monoisotopic (exact) mass is 1460 g/mol. The number of nitrogens with one attached hydrogen (secondary N) is 4. The van der Waals surface area contributed by atoms with Gasteiger partial charge in [0.1, 0.15) is 135 Å². The molecule has 33 atom stereocenters. The van der Waals surface area contributed by atoms with Crippen LogP contribution >= 0.6 is 0 Å². The molecule has 6 aliphatic heterocycles. The zero-order valence-corrected chi connectivity index (χ0v) is 53.7. The normalized spacial score (nSPS) is 41.1. The highest BCUT2D eigenvalue weighted by molar-refractivity contribution is 5.78. The minimum absolute atomic E-state index is 0.816. The fourth-order valence-electron chi connectivity index (χ4n) is 12.4. The minimum Gasteiger partial charge on any atom is -0.477 e. The van der Waals surface area contributed by atoms with Crippen LogP contribution < -0.4 is 21.3 Å². The van der Waals surface area contributed by atoms with Gasteiger partial charge in [-0.1, -0.05) is 0 Å². The lowest BCUT2D eigenvalue weighted by Crippen LogP contribution is -2.72. The number of aliphatic hydroxyl groups excluding tert-OH is 18. The molecule has 4 amide bonds. The highest BCUT2D eigenvalue weighted by Crippen LogP contribution is 2.43. The SMILES string of the molecule is CC(=O)N[C@H]1[C@H](O[C@@H]2[C@H](O[C@]3(C(=O)O)C[C@H](O)[C@@H](NC(C)=O)[C@H]([C@H](O)[C@@H](CO)O[C@]4(C(=O)O)C[C@H](O)[C@@H](NC(C)=O)[C@H]([C@H](O)[C@@H](CO)O[C@]5(C(=O)O)C[C@H](O)[C@@H](NC(C)=O)[C@H]([C@H](O)[C@H](O)COC(C)=O)O5)O4)O3)[C@@H](O)[C@H](O[C@H]3[C@H](O)[C@@H](O)[C@H](O)O[C@@H]3CO)O[C@@H]2CO)O[C@H](CO)[C@H](O)[C@@H]1O. The molecule has 25 N–H and O–H groups in total. The molecule has 6 rings (SSSR count). The number of amides is 4. The van der Waals surface area contributed by atoms with Gasteiger partial charge in [-0.15, -0.1) is 0 Å². The number of carboxylic acid groups (broad SMARTS) is 3. The van der Waals surface area contributed by atoms with Crippen molar-refractivity contribution < 1.29 is 202 Å². The second kappa shape index (κ2) is 34.9. The average molecular weight is 1460 g/mol. The van der Waals surface area contributed by atoms with Gasteiger partial charge in [0.05, 0.1) is 69.5 Å². The molecule has 0 aromatic carbocycles. The van der Waals surface area contributed by atoms with Crippen LogP contribution in [0.2, 0.25) is 0 Å². The number of carboxylic acids is 3. The van der Waals surface area contributed by atoms with Gasteiger partial charge in [0.2, 0.25) is 23.6 Å². The van der Waals surface area contributed by atoms with Crippen molar-refractivity contribution in [1.82, 2.24) is 21.3 Å². The molecule has 0 aliphatic carbocycles. The molecular formula is C55H88N4O41. The molecule has 6 aliphatic rings. The summed E-state index contributed by atoms with van der Waals surface area (Å²) in [6.07, 6.45) is -64.8. The van der Waals surface area contributed by atoms with Crippen molar-refractivity contribution in [2.45, 2.75) is 255 Å². The van der Waals surface area contributed by atoms with E-state index in [0.717, 1.165) is 34.6 Å². The number of hydrogen-bond donors (Lipinski definition) is 25. The summed E-state index contributed by atoms with van der Waals surface area (Å²) in [5, 5.41) is 243. The molecule has 45 heteroatoms. The number of carbonyl (C=O) groups excluding carboxylic acids is 5. The Hall–Kier alpha value is -5.40. The van der Waals surface area contributed by atoms with Crippen LogP contribution in [0.3, 0.4) is 0 Å². The summed E-state index contributed by atoms with van der Waals surface area (Å²) in [7, 11) is 0. The molecule has 6 saturated heterocycles. The average Bonchev–Trinajstić information content (AvgIpc) is 0.752. The van der Waals surface area contributed by atoms with Gasteiger partial charge in [-0.25, -0.2) is 14.4 Å². The van der Waals surface area contributed by atoms with Crippen molar-refractivity contribution in [2.75, 3.05) is 39.6 Å². The number of rotatable bonds is 30. The minimum atomic E-state index is -3.68. The summed E-state index contributed by atoms with van der Waals surface area (Å²) < 4.78 is 68.0. The summed E-state index contributed by atoms with van der Waals surface area (Å²) in [5.41, 5.74) is 0. The van der Waals surface area contributed by atoms with E-state index in [1.165, 1.54) is 0 Å². The Bertz CT molecular complexity index is 2800. The number of aliphatic carboxylic acids is 3. The lowest BCUT2D eigenvalue weighted by atomic mass is 9.86. The van der Waals surface area contributed by atoms with E-state index < -0.39 is 307 Å². The number of carbonyl (C=O) groups is 8. The quantitative estimate of drug-likeness (QED) is 0.0297. The smallest absolute Gasteiger partial charge is 0.364 e. The number of esters is 1. The van der Waals surface area contributed by atoms with Crippen molar-refractivity contribution in [1.29, 1.82) is 0 Å². The van der Waals surface area contributed by atoms with Gasteiger partial charge in [0.25, 0.3) is 17.4 Å². The van der Waals surface area contributed by atoms with E-state index in [1.807, 2.05) is 0 Å². The van der Waals surface area contributed by atoms with E-state index in [4.69, 9.17) is 56.8 Å². The lowest BCUT2D eigenvalue weighted by molar-refractivity contribution is -0.401. The van der Waals surface area contributed by atoms with Gasteiger partial charge in [0.15, 0.2) is 18.9 Å². The molecule has 0 aromatic rings. The predicted octanol–water partition coefficient (Wildman–Crippen LogP) is -15.3. The first-order chi connectivity index (χ1) is 46.7. The van der Waals surface area contributed by atoms with Gasteiger partial charge in [-0.05, 0) is 0 Å². The van der Waals surface area contributed by atoms with E-state index in [9.17, 15) is 146 Å². The zero-order chi connectivity index (χ0) is 75.1. The standard InChI is InChI=1S/C55H88N4O41/c1-15(65)56-29-20(70)6-53(50(83)84,97-43(29)33(74)23(73)14-89-19(5)69)95-25(10-61)35(76)44-30(57-16(2)66)21(71)7-54(98-44,51(85)86)96-26(11-62)36(77)45-31(58-17(3)67)22(72)8-55(99-45,52(87)88)100-46-40(81)49(93-41-27(12-63)90-47(82)39(80)38(41)79)92-28(13-64)42(46)94-48-32(59-18(4)68)37(78)34(75)24(9-60)91-48/h20-49,60-64,70-82H,6-14H2,1-5H3,(H,56,65)(H,57,66)(H,58,67)(H,59,68)(H,83,84)(H,85,86)(H,87,88)/t20-,21-,22-,23+,24+,25+,26+,27+,28+,29+,30+,31+,32+,33+,34-,35+,36+,37+,38+,39+,40+,41+,42-,43+,44+,45+,46+,47+,48-,49-,53+,54+,55-/m0/s1. The van der Waals surface area contributed by atoms with E-state index in [2.05, 4.69) is 21.3 Å². The maximum absolute atomic E-state index is 14.0. The summed E-state index contributed by atoms with van der Waals surface area (Å²) in [5.74, 6) is -22.7. The molecule has 0 saturated carbocycles. The van der Waals surface area contributed by atoms with Gasteiger partial charge < -0.3 is 185 Å². The van der Waals surface area contributed by atoms with Gasteiger partial charge >= 0.3 is 23.9 Å². The first kappa shape index (κ1) is 83.5. The predicted molar refractivity (Wildman–Crippen MR) is 307 cm³/mol. The molecule has 6 heterocycles. The Morgan fingerprint density at radius 3 is 1.22 bits per heavy atom. The summed E-state index contributed by atoms with van der Waals surface area (Å²) in [6.45, 7) is -3.40. The molecule has 6 fully saturated rings. The van der Waals surface area contributed by atoms with E-state index >= 15 is 0 Å². The van der Waals surface area contributed by atoms with Crippen molar-refractivity contribution in [3.63, 3.8) is 0 Å².